The summed E-state index contributed by atoms with van der Waals surface area (Å²) < 4.78 is 5.42. The number of esters is 1. The highest BCUT2D eigenvalue weighted by atomic mass is 32.2. The van der Waals surface area contributed by atoms with Crippen molar-refractivity contribution in [2.24, 2.45) is 0 Å². The third kappa shape index (κ3) is 4.92. The third-order valence-electron chi connectivity index (χ3n) is 5.12. The smallest absolute Gasteiger partial charge is 0.356 e. The number of nitrogens with one attached hydrogen (secondary N) is 1. The summed E-state index contributed by atoms with van der Waals surface area (Å²) in [4.78, 5) is 51.4. The molecule has 1 fully saturated rings. The lowest BCUT2D eigenvalue weighted by Gasteiger charge is -2.49. The van der Waals surface area contributed by atoms with E-state index >= 15 is 0 Å². The van der Waals surface area contributed by atoms with E-state index in [4.69, 9.17) is 4.74 Å². The number of nitro benzene ring substituents is 1. The van der Waals surface area contributed by atoms with Crippen LogP contribution in [0.5, 0.6) is 0 Å². The van der Waals surface area contributed by atoms with Gasteiger partial charge in [0.05, 0.1) is 11.3 Å². The number of non-ortho nitro benzene ring substituents is 1. The van der Waals surface area contributed by atoms with Gasteiger partial charge in [0.1, 0.15) is 23.7 Å². The summed E-state index contributed by atoms with van der Waals surface area (Å²) in [6.45, 7) is -0.0805. The van der Waals surface area contributed by atoms with Gasteiger partial charge >= 0.3 is 5.97 Å². The quantitative estimate of drug-likeness (QED) is 0.252. The second-order valence-electron chi connectivity index (χ2n) is 7.19. The van der Waals surface area contributed by atoms with Gasteiger partial charge in [-0.2, -0.15) is 0 Å². The molecule has 1 N–H and O–H groups in total. The van der Waals surface area contributed by atoms with Crippen LogP contribution in [0, 0.1) is 10.1 Å². The van der Waals surface area contributed by atoms with Crippen molar-refractivity contribution in [3.05, 3.63) is 72.9 Å². The van der Waals surface area contributed by atoms with E-state index in [-0.39, 0.29) is 41.6 Å². The van der Waals surface area contributed by atoms with Crippen LogP contribution >= 0.6 is 34.9 Å². The van der Waals surface area contributed by atoms with Crippen LogP contribution in [0.4, 0.5) is 5.69 Å². The minimum atomic E-state index is -0.691. The van der Waals surface area contributed by atoms with Gasteiger partial charge in [0.25, 0.3) is 11.6 Å². The van der Waals surface area contributed by atoms with Gasteiger partial charge in [0.15, 0.2) is 0 Å². The van der Waals surface area contributed by atoms with Crippen LogP contribution in [-0.2, 0) is 32.1 Å². The molecule has 3 heterocycles. The predicted molar refractivity (Wildman–Crippen MR) is 126 cm³/mol. The van der Waals surface area contributed by atoms with Crippen molar-refractivity contribution in [2.75, 3.05) is 12.0 Å². The summed E-state index contributed by atoms with van der Waals surface area (Å²) in [5.74, 6) is -0.701. The lowest BCUT2D eigenvalue weighted by Crippen LogP contribution is -2.70. The van der Waals surface area contributed by atoms with E-state index in [0.29, 0.717) is 11.3 Å². The maximum Gasteiger partial charge on any atom is 0.356 e. The number of benzene rings is 1. The van der Waals surface area contributed by atoms with Crippen molar-refractivity contribution < 1.29 is 24.0 Å². The van der Waals surface area contributed by atoms with E-state index in [0.717, 1.165) is 9.78 Å². The number of nitro groups is 1. The fraction of sp³-hybridized carbons (Fsp3) is 0.286. The number of rotatable bonds is 8. The van der Waals surface area contributed by atoms with Gasteiger partial charge in [0.2, 0.25) is 5.91 Å². The Hall–Kier alpha value is -2.83. The Morgan fingerprint density at radius 3 is 2.70 bits per heavy atom. The molecule has 12 heteroatoms. The Morgan fingerprint density at radius 1 is 1.30 bits per heavy atom. The summed E-state index contributed by atoms with van der Waals surface area (Å²) in [6, 6.07) is 8.75. The van der Waals surface area contributed by atoms with Crippen molar-refractivity contribution in [2.45, 2.75) is 24.4 Å². The average Bonchev–Trinajstić information content (AvgIpc) is 3.33. The molecule has 172 valence electrons. The maximum atomic E-state index is 12.9. The van der Waals surface area contributed by atoms with Crippen molar-refractivity contribution in [3.8, 4) is 0 Å². The highest BCUT2D eigenvalue weighted by molar-refractivity contribution is 8.05. The molecule has 2 aliphatic rings. The highest BCUT2D eigenvalue weighted by Crippen LogP contribution is 2.43. The zero-order valence-electron chi connectivity index (χ0n) is 17.4. The summed E-state index contributed by atoms with van der Waals surface area (Å²) in [7, 11) is 0. The molecule has 33 heavy (non-hydrogen) atoms. The zero-order valence-corrected chi connectivity index (χ0v) is 19.8. The van der Waals surface area contributed by atoms with Crippen molar-refractivity contribution >= 4 is 58.3 Å². The SMILES string of the molecule is CSC1=C(C(=O)OCc2ccc([N+](=O)[O-])cc2)N2C(=O)C(NC(=O)Cc3cccs3)[C@@H]2SC1. The summed E-state index contributed by atoms with van der Waals surface area (Å²) in [5.41, 5.74) is 0.737. The van der Waals surface area contributed by atoms with E-state index in [9.17, 15) is 24.5 Å². The number of amides is 2. The first-order chi connectivity index (χ1) is 15.9. The van der Waals surface area contributed by atoms with Gasteiger partial charge in [0, 0.05) is 27.7 Å². The first-order valence-electron chi connectivity index (χ1n) is 9.83. The minimum Gasteiger partial charge on any atom is -0.456 e. The van der Waals surface area contributed by atoms with Crippen LogP contribution in [0.1, 0.15) is 10.4 Å². The number of ether oxygens (including phenoxy) is 1. The average molecular weight is 506 g/mol. The Kier molecular flexibility index (Phi) is 7.05. The van der Waals surface area contributed by atoms with Crippen LogP contribution in [0.15, 0.2) is 52.4 Å². The molecule has 1 aromatic carbocycles. The van der Waals surface area contributed by atoms with Crippen molar-refractivity contribution in [1.82, 2.24) is 10.2 Å². The molecule has 0 bridgehead atoms. The van der Waals surface area contributed by atoms with Crippen LogP contribution in [0.2, 0.25) is 0 Å². The molecule has 1 aromatic heterocycles. The van der Waals surface area contributed by atoms with E-state index in [1.54, 1.807) is 0 Å². The number of thioether (sulfide) groups is 2. The van der Waals surface area contributed by atoms with Gasteiger partial charge in [-0.1, -0.05) is 6.07 Å². The van der Waals surface area contributed by atoms with Gasteiger partial charge < -0.3 is 10.1 Å². The first kappa shape index (κ1) is 23.3. The van der Waals surface area contributed by atoms with Crippen LogP contribution in [-0.4, -0.2) is 51.0 Å². The van der Waals surface area contributed by atoms with Gasteiger partial charge in [-0.3, -0.25) is 24.6 Å². The molecule has 0 saturated carbocycles. The molecule has 1 saturated heterocycles. The number of β-lactam (4-membered cyclic amide) rings is 1. The topological polar surface area (TPSA) is 119 Å². The highest BCUT2D eigenvalue weighted by Gasteiger charge is 2.54. The second kappa shape index (κ2) is 9.98. The number of carbonyl (C=O) groups is 3. The lowest BCUT2D eigenvalue weighted by molar-refractivity contribution is -0.384. The largest absolute Gasteiger partial charge is 0.456 e. The van der Waals surface area contributed by atoms with Crippen LogP contribution < -0.4 is 5.32 Å². The number of carbonyl (C=O) groups excluding carboxylic acids is 3. The molecule has 4 rings (SSSR count). The molecule has 2 atom stereocenters. The summed E-state index contributed by atoms with van der Waals surface area (Å²) in [6.07, 6.45) is 2.03. The van der Waals surface area contributed by atoms with Crippen molar-refractivity contribution in [1.29, 1.82) is 0 Å². The Bertz CT molecular complexity index is 1120. The van der Waals surface area contributed by atoms with E-state index in [1.165, 1.54) is 64.0 Å². The Balaban J connectivity index is 1.41. The standard InChI is InChI=1S/C21H19N3O6S3/c1-31-15-11-33-20-17(22-16(25)9-14-3-2-8-32-14)19(26)23(20)18(15)21(27)30-10-12-4-6-13(7-5-12)24(28)29/h2-8,17,20H,9-11H2,1H3,(H,22,25)/t17?,20-/m0/s1. The van der Waals surface area contributed by atoms with Gasteiger partial charge in [-0.15, -0.1) is 34.9 Å². The fourth-order valence-electron chi connectivity index (χ4n) is 3.46. The summed E-state index contributed by atoms with van der Waals surface area (Å²) in [5, 5.41) is 15.1. The van der Waals surface area contributed by atoms with Crippen LogP contribution in [0.25, 0.3) is 0 Å². The Labute approximate surface area is 201 Å². The number of thiophene rings is 1. The molecule has 2 aromatic rings. The molecule has 0 aliphatic carbocycles. The van der Waals surface area contributed by atoms with E-state index in [2.05, 4.69) is 5.32 Å². The fourth-order valence-corrected chi connectivity index (χ4v) is 6.41. The van der Waals surface area contributed by atoms with Gasteiger partial charge in [-0.05, 0) is 35.4 Å². The molecule has 1 unspecified atom stereocenters. The monoisotopic (exact) mass is 505 g/mol. The van der Waals surface area contributed by atoms with Crippen LogP contribution in [0.3, 0.4) is 0 Å². The molecule has 2 amide bonds. The molecular formula is C21H19N3O6S3. The maximum absolute atomic E-state index is 12.9. The first-order valence-corrected chi connectivity index (χ1v) is 13.0. The minimum absolute atomic E-state index is 0.0528. The number of hydrogen-bond donors (Lipinski definition) is 1. The van der Waals surface area contributed by atoms with E-state index in [1.807, 2.05) is 23.8 Å². The number of nitrogens with zero attached hydrogens (tertiary/aromatic N) is 2. The lowest BCUT2D eigenvalue weighted by atomic mass is 10.0. The zero-order chi connectivity index (χ0) is 23.5. The number of fused-ring (bicyclic) bond motifs is 1. The molecule has 0 radical (unpaired) electrons. The Morgan fingerprint density at radius 2 is 2.06 bits per heavy atom. The third-order valence-corrected chi connectivity index (χ3v) is 8.29. The van der Waals surface area contributed by atoms with E-state index < -0.39 is 16.9 Å². The molecule has 0 spiro atoms. The normalized spacial score (nSPS) is 19.5. The summed E-state index contributed by atoms with van der Waals surface area (Å²) >= 11 is 4.34. The molecular weight excluding hydrogens is 486 g/mol. The van der Waals surface area contributed by atoms with Gasteiger partial charge in [-0.25, -0.2) is 4.79 Å². The predicted octanol–water partition coefficient (Wildman–Crippen LogP) is 2.92. The van der Waals surface area contributed by atoms with Crippen molar-refractivity contribution in [3.63, 3.8) is 0 Å². The number of hydrogen-bond acceptors (Lipinski definition) is 9. The molecule has 2 aliphatic heterocycles. The molecule has 9 nitrogen and oxygen atoms in total. The second-order valence-corrected chi connectivity index (χ2v) is 10.2.